The highest BCUT2D eigenvalue weighted by Gasteiger charge is 2.05. The molecule has 0 aliphatic carbocycles. The molecule has 0 aliphatic rings. The van der Waals surface area contributed by atoms with Crippen LogP contribution in [-0.4, -0.2) is 26.9 Å². The number of methoxy groups -OCH3 is 1. The number of ether oxygens (including phenoxy) is 1. The van der Waals surface area contributed by atoms with Crippen LogP contribution in [0.25, 0.3) is 0 Å². The molecule has 0 unspecified atom stereocenters. The lowest BCUT2D eigenvalue weighted by Gasteiger charge is -2.08. The fourth-order valence-electron chi connectivity index (χ4n) is 1.56. The fraction of sp³-hybridized carbons (Fsp3) is 0.364. The van der Waals surface area contributed by atoms with Gasteiger partial charge in [-0.3, -0.25) is 0 Å². The topological polar surface area (TPSA) is 90.9 Å². The van der Waals surface area contributed by atoms with Crippen LogP contribution in [0, 0.1) is 0 Å². The number of nitrogens with zero attached hydrogens (tertiary/aromatic N) is 4. The summed E-state index contributed by atoms with van der Waals surface area (Å²) >= 11 is 0. The van der Waals surface area contributed by atoms with Crippen molar-refractivity contribution in [1.29, 1.82) is 0 Å². The molecule has 2 rings (SSSR count). The van der Waals surface area contributed by atoms with Crippen LogP contribution in [-0.2, 0) is 13.1 Å². The molecule has 2 heterocycles. The number of hydrogen-bond acceptors (Lipinski definition) is 6. The van der Waals surface area contributed by atoms with Crippen molar-refractivity contribution in [2.75, 3.05) is 18.2 Å². The van der Waals surface area contributed by atoms with Crippen LogP contribution in [0.15, 0.2) is 18.5 Å². The molecule has 18 heavy (non-hydrogen) atoms. The molecule has 0 aliphatic heterocycles. The normalized spacial score (nSPS) is 10.3. The third kappa shape index (κ3) is 2.50. The number of aryl methyl sites for hydroxylation is 1. The highest BCUT2D eigenvalue weighted by atomic mass is 16.5. The second kappa shape index (κ2) is 5.35. The summed E-state index contributed by atoms with van der Waals surface area (Å²) < 4.78 is 7.02. The van der Waals surface area contributed by atoms with Gasteiger partial charge in [0.1, 0.15) is 12.1 Å². The number of nitrogens with two attached hydrogens (primary N) is 1. The van der Waals surface area contributed by atoms with E-state index in [9.17, 15) is 0 Å². The number of nitrogen functional groups attached to an aromatic ring is 1. The maximum atomic E-state index is 5.69. The molecule has 0 fully saturated rings. The zero-order chi connectivity index (χ0) is 13.0. The number of rotatable bonds is 5. The van der Waals surface area contributed by atoms with E-state index in [4.69, 9.17) is 10.5 Å². The number of aromatic nitrogens is 4. The summed E-state index contributed by atoms with van der Waals surface area (Å²) in [6.45, 7) is 3.42. The second-order valence-corrected chi connectivity index (χ2v) is 3.68. The molecule has 0 bridgehead atoms. The van der Waals surface area contributed by atoms with Gasteiger partial charge < -0.3 is 20.4 Å². The highest BCUT2D eigenvalue weighted by Crippen LogP contribution is 2.20. The van der Waals surface area contributed by atoms with Gasteiger partial charge in [0.15, 0.2) is 5.82 Å². The Hall–Kier alpha value is -2.31. The Kier molecular flexibility index (Phi) is 3.61. The molecule has 7 nitrogen and oxygen atoms in total. The molecule has 0 atom stereocenters. The predicted molar refractivity (Wildman–Crippen MR) is 68.2 cm³/mol. The number of nitrogens with one attached hydrogen (secondary N) is 1. The van der Waals surface area contributed by atoms with E-state index in [2.05, 4.69) is 20.5 Å². The zero-order valence-corrected chi connectivity index (χ0v) is 10.4. The van der Waals surface area contributed by atoms with Gasteiger partial charge in [0.05, 0.1) is 19.3 Å². The zero-order valence-electron chi connectivity index (χ0n) is 10.4. The lowest BCUT2D eigenvalue weighted by Crippen LogP contribution is -2.09. The van der Waals surface area contributed by atoms with E-state index in [1.54, 1.807) is 18.5 Å². The van der Waals surface area contributed by atoms with Crippen LogP contribution < -0.4 is 15.8 Å². The monoisotopic (exact) mass is 248 g/mol. The lowest BCUT2D eigenvalue weighted by molar-refractivity contribution is 0.401. The maximum absolute atomic E-state index is 5.69. The summed E-state index contributed by atoms with van der Waals surface area (Å²) in [7, 11) is 1.54. The van der Waals surface area contributed by atoms with Gasteiger partial charge in [-0.25, -0.2) is 0 Å². The van der Waals surface area contributed by atoms with Crippen molar-refractivity contribution in [3.05, 3.63) is 24.3 Å². The average Bonchev–Trinajstić information content (AvgIpc) is 2.85. The third-order valence-electron chi connectivity index (χ3n) is 2.55. The van der Waals surface area contributed by atoms with Gasteiger partial charge in [-0.15, -0.1) is 10.2 Å². The van der Waals surface area contributed by atoms with Crippen molar-refractivity contribution in [3.8, 4) is 5.88 Å². The Morgan fingerprint density at radius 3 is 3.00 bits per heavy atom. The Balaban J connectivity index is 2.06. The molecule has 0 aromatic carbocycles. The minimum Gasteiger partial charge on any atom is -0.479 e. The van der Waals surface area contributed by atoms with Crippen LogP contribution >= 0.6 is 0 Å². The van der Waals surface area contributed by atoms with Crippen LogP contribution in [0.4, 0.5) is 11.5 Å². The van der Waals surface area contributed by atoms with Crippen molar-refractivity contribution in [1.82, 2.24) is 19.7 Å². The van der Waals surface area contributed by atoms with Crippen molar-refractivity contribution in [2.24, 2.45) is 0 Å². The Labute approximate surface area is 105 Å². The number of pyridine rings is 1. The van der Waals surface area contributed by atoms with Crippen molar-refractivity contribution in [3.63, 3.8) is 0 Å². The van der Waals surface area contributed by atoms with Gasteiger partial charge >= 0.3 is 0 Å². The quantitative estimate of drug-likeness (QED) is 0.816. The van der Waals surface area contributed by atoms with Crippen molar-refractivity contribution < 1.29 is 4.74 Å². The first kappa shape index (κ1) is 12.2. The molecule has 0 saturated heterocycles. The van der Waals surface area contributed by atoms with Crippen LogP contribution in [0.5, 0.6) is 5.88 Å². The summed E-state index contributed by atoms with van der Waals surface area (Å²) in [5.41, 5.74) is 6.21. The minimum absolute atomic E-state index is 0.414. The second-order valence-electron chi connectivity index (χ2n) is 3.68. The van der Waals surface area contributed by atoms with E-state index in [-0.39, 0.29) is 0 Å². The predicted octanol–water partition coefficient (Wildman–Crippen LogP) is 0.896. The Morgan fingerprint density at radius 1 is 1.44 bits per heavy atom. The van der Waals surface area contributed by atoms with Crippen LogP contribution in [0.2, 0.25) is 0 Å². The third-order valence-corrected chi connectivity index (χ3v) is 2.55. The molecule has 0 saturated carbocycles. The number of anilines is 2. The standard InChI is InChI=1S/C11H16N6O/c1-3-17-7-14-16-10(17)6-13-9-5-4-8(12)11(15-9)18-2/h4-5,7H,3,6,12H2,1-2H3,(H,13,15). The van der Waals surface area contributed by atoms with Gasteiger partial charge in [0.2, 0.25) is 5.88 Å². The van der Waals surface area contributed by atoms with E-state index >= 15 is 0 Å². The van der Waals surface area contributed by atoms with Crippen molar-refractivity contribution >= 4 is 11.5 Å². The molecule has 3 N–H and O–H groups in total. The molecule has 7 heteroatoms. The van der Waals surface area contributed by atoms with Gasteiger partial charge in [0.25, 0.3) is 0 Å². The van der Waals surface area contributed by atoms with Gasteiger partial charge in [0, 0.05) is 6.54 Å². The molecular weight excluding hydrogens is 232 g/mol. The van der Waals surface area contributed by atoms with E-state index < -0.39 is 0 Å². The van der Waals surface area contributed by atoms with E-state index in [1.807, 2.05) is 11.5 Å². The lowest BCUT2D eigenvalue weighted by atomic mass is 10.4. The fourth-order valence-corrected chi connectivity index (χ4v) is 1.56. The van der Waals surface area contributed by atoms with Crippen LogP contribution in [0.3, 0.4) is 0 Å². The average molecular weight is 248 g/mol. The maximum Gasteiger partial charge on any atom is 0.238 e. The van der Waals surface area contributed by atoms with Crippen molar-refractivity contribution in [2.45, 2.75) is 20.0 Å². The molecular formula is C11H16N6O. The van der Waals surface area contributed by atoms with Crippen LogP contribution in [0.1, 0.15) is 12.7 Å². The van der Waals surface area contributed by atoms with Gasteiger partial charge in [-0.1, -0.05) is 0 Å². The molecule has 2 aromatic heterocycles. The van der Waals surface area contributed by atoms with E-state index in [0.717, 1.165) is 12.4 Å². The molecule has 0 amide bonds. The Bertz CT molecular complexity index is 524. The summed E-state index contributed by atoms with van der Waals surface area (Å²) in [5.74, 6) is 1.96. The van der Waals surface area contributed by atoms with E-state index in [1.165, 1.54) is 7.11 Å². The summed E-state index contributed by atoms with van der Waals surface area (Å²) in [5, 5.41) is 11.0. The highest BCUT2D eigenvalue weighted by molar-refractivity contribution is 5.53. The first-order valence-electron chi connectivity index (χ1n) is 5.65. The summed E-state index contributed by atoms with van der Waals surface area (Å²) in [6.07, 6.45) is 1.70. The largest absolute Gasteiger partial charge is 0.479 e. The first-order valence-corrected chi connectivity index (χ1v) is 5.65. The SMILES string of the molecule is CCn1cnnc1CNc1ccc(N)c(OC)n1. The summed E-state index contributed by atoms with van der Waals surface area (Å²) in [6, 6.07) is 3.54. The molecule has 0 radical (unpaired) electrons. The minimum atomic E-state index is 0.414. The van der Waals surface area contributed by atoms with Gasteiger partial charge in [-0.05, 0) is 19.1 Å². The summed E-state index contributed by atoms with van der Waals surface area (Å²) in [4.78, 5) is 4.23. The first-order chi connectivity index (χ1) is 8.74. The molecule has 2 aromatic rings. The number of hydrogen-bond donors (Lipinski definition) is 2. The Morgan fingerprint density at radius 2 is 2.28 bits per heavy atom. The molecule has 96 valence electrons. The molecule has 0 spiro atoms. The smallest absolute Gasteiger partial charge is 0.238 e. The van der Waals surface area contributed by atoms with E-state index in [0.29, 0.717) is 23.9 Å². The van der Waals surface area contributed by atoms with Gasteiger partial charge in [-0.2, -0.15) is 4.98 Å².